The number of hydrogen-bond donors (Lipinski definition) is 1. The van der Waals surface area contributed by atoms with Crippen LogP contribution in [0.1, 0.15) is 11.7 Å². The number of halogens is 2. The molecule has 1 aliphatic rings. The number of ether oxygens (including phenoxy) is 1. The first-order chi connectivity index (χ1) is 6.81. The minimum absolute atomic E-state index is 0. The van der Waals surface area contributed by atoms with E-state index >= 15 is 0 Å². The van der Waals surface area contributed by atoms with Crippen molar-refractivity contribution in [1.82, 2.24) is 5.32 Å². The van der Waals surface area contributed by atoms with Crippen LogP contribution in [0.2, 0.25) is 5.02 Å². The highest BCUT2D eigenvalue weighted by Gasteiger charge is 2.27. The molecular weight excluding hydrogens is 233 g/mol. The molecule has 0 aromatic heterocycles. The van der Waals surface area contributed by atoms with Gasteiger partial charge in [0.2, 0.25) is 0 Å². The van der Waals surface area contributed by atoms with E-state index in [1.54, 1.807) is 7.11 Å². The Kier molecular flexibility index (Phi) is 4.87. The van der Waals surface area contributed by atoms with Gasteiger partial charge in [-0.15, -0.1) is 12.4 Å². The predicted molar refractivity (Wildman–Crippen MR) is 64.8 cm³/mol. The fourth-order valence-electron chi connectivity index (χ4n) is 1.78. The van der Waals surface area contributed by atoms with Crippen molar-refractivity contribution in [3.63, 3.8) is 0 Å². The monoisotopic (exact) mass is 247 g/mol. The average Bonchev–Trinajstić information content (AvgIpc) is 2.13. The molecule has 84 valence electrons. The van der Waals surface area contributed by atoms with Crippen LogP contribution in [-0.2, 0) is 4.74 Å². The SMILES string of the molecule is COC(c1ccc(Cl)cc1)C1CNC1.Cl. The van der Waals surface area contributed by atoms with Crippen molar-refractivity contribution in [3.8, 4) is 0 Å². The highest BCUT2D eigenvalue weighted by Crippen LogP contribution is 2.28. The Balaban J connectivity index is 0.00000112. The van der Waals surface area contributed by atoms with Crippen LogP contribution in [0.4, 0.5) is 0 Å². The van der Waals surface area contributed by atoms with E-state index in [0.29, 0.717) is 5.92 Å². The highest BCUT2D eigenvalue weighted by molar-refractivity contribution is 6.30. The minimum Gasteiger partial charge on any atom is -0.376 e. The maximum absolute atomic E-state index is 5.83. The Morgan fingerprint density at radius 1 is 1.33 bits per heavy atom. The van der Waals surface area contributed by atoms with Gasteiger partial charge in [0.25, 0.3) is 0 Å². The van der Waals surface area contributed by atoms with E-state index in [4.69, 9.17) is 16.3 Å². The van der Waals surface area contributed by atoms with Gasteiger partial charge in [-0.05, 0) is 17.7 Å². The first kappa shape index (κ1) is 12.8. The second kappa shape index (κ2) is 5.71. The van der Waals surface area contributed by atoms with Crippen LogP contribution >= 0.6 is 24.0 Å². The zero-order valence-electron chi connectivity index (χ0n) is 8.57. The fraction of sp³-hybridized carbons (Fsp3) is 0.455. The van der Waals surface area contributed by atoms with Gasteiger partial charge < -0.3 is 10.1 Å². The summed E-state index contributed by atoms with van der Waals surface area (Å²) in [5.74, 6) is 0.598. The molecule has 0 aliphatic carbocycles. The molecule has 15 heavy (non-hydrogen) atoms. The molecular formula is C11H15Cl2NO. The van der Waals surface area contributed by atoms with Gasteiger partial charge in [-0.2, -0.15) is 0 Å². The third-order valence-electron chi connectivity index (χ3n) is 2.69. The third kappa shape index (κ3) is 2.85. The van der Waals surface area contributed by atoms with E-state index in [1.165, 1.54) is 5.56 Å². The maximum Gasteiger partial charge on any atom is 0.0873 e. The standard InChI is InChI=1S/C11H14ClNO.ClH/c1-14-11(9-6-13-7-9)8-2-4-10(12)5-3-8;/h2-5,9,11,13H,6-7H2,1H3;1H. The molecule has 1 N–H and O–H groups in total. The lowest BCUT2D eigenvalue weighted by molar-refractivity contribution is 0.0292. The van der Waals surface area contributed by atoms with Crippen molar-refractivity contribution in [2.24, 2.45) is 5.92 Å². The molecule has 0 amide bonds. The highest BCUT2D eigenvalue weighted by atomic mass is 35.5. The Morgan fingerprint density at radius 2 is 1.93 bits per heavy atom. The molecule has 1 aromatic rings. The number of rotatable bonds is 3. The first-order valence-electron chi connectivity index (χ1n) is 4.80. The van der Waals surface area contributed by atoms with Crippen molar-refractivity contribution in [2.75, 3.05) is 20.2 Å². The van der Waals surface area contributed by atoms with Crippen molar-refractivity contribution in [2.45, 2.75) is 6.10 Å². The fourth-order valence-corrected chi connectivity index (χ4v) is 1.90. The van der Waals surface area contributed by atoms with Gasteiger partial charge in [0.05, 0.1) is 6.10 Å². The number of nitrogens with one attached hydrogen (secondary N) is 1. The Hall–Kier alpha value is -0.280. The van der Waals surface area contributed by atoms with E-state index in [0.717, 1.165) is 18.1 Å². The summed E-state index contributed by atoms with van der Waals surface area (Å²) in [5.41, 5.74) is 1.21. The molecule has 1 unspecified atom stereocenters. The lowest BCUT2D eigenvalue weighted by Gasteiger charge is -2.34. The Bertz CT molecular complexity index is 298. The van der Waals surface area contributed by atoms with E-state index in [2.05, 4.69) is 5.32 Å². The lowest BCUT2D eigenvalue weighted by atomic mass is 9.91. The average molecular weight is 248 g/mol. The normalized spacial score (nSPS) is 17.7. The summed E-state index contributed by atoms with van der Waals surface area (Å²) in [4.78, 5) is 0. The molecule has 1 aliphatic heterocycles. The van der Waals surface area contributed by atoms with Gasteiger partial charge in [-0.3, -0.25) is 0 Å². The summed E-state index contributed by atoms with van der Waals surface area (Å²) in [6.07, 6.45) is 0.202. The summed E-state index contributed by atoms with van der Waals surface area (Å²) in [6.45, 7) is 2.09. The van der Waals surface area contributed by atoms with Crippen molar-refractivity contribution in [3.05, 3.63) is 34.9 Å². The maximum atomic E-state index is 5.83. The number of benzene rings is 1. The van der Waals surface area contributed by atoms with Crippen LogP contribution in [0.5, 0.6) is 0 Å². The molecule has 0 radical (unpaired) electrons. The lowest BCUT2D eigenvalue weighted by Crippen LogP contribution is -2.45. The summed E-state index contributed by atoms with van der Waals surface area (Å²) in [6, 6.07) is 7.90. The van der Waals surface area contributed by atoms with Gasteiger partial charge in [-0.1, -0.05) is 23.7 Å². The van der Waals surface area contributed by atoms with Gasteiger partial charge in [0, 0.05) is 31.1 Å². The largest absolute Gasteiger partial charge is 0.376 e. The quantitative estimate of drug-likeness (QED) is 0.887. The first-order valence-corrected chi connectivity index (χ1v) is 5.18. The van der Waals surface area contributed by atoms with Gasteiger partial charge in [0.1, 0.15) is 0 Å². The third-order valence-corrected chi connectivity index (χ3v) is 2.95. The Morgan fingerprint density at radius 3 is 2.33 bits per heavy atom. The van der Waals surface area contributed by atoms with Crippen LogP contribution < -0.4 is 5.32 Å². The topological polar surface area (TPSA) is 21.3 Å². The molecule has 0 saturated carbocycles. The molecule has 0 spiro atoms. The minimum atomic E-state index is 0. The van der Waals surface area contributed by atoms with E-state index in [9.17, 15) is 0 Å². The molecule has 1 heterocycles. The van der Waals surface area contributed by atoms with Gasteiger partial charge in [0.15, 0.2) is 0 Å². The van der Waals surface area contributed by atoms with E-state index < -0.39 is 0 Å². The number of hydrogen-bond acceptors (Lipinski definition) is 2. The van der Waals surface area contributed by atoms with Crippen molar-refractivity contribution >= 4 is 24.0 Å². The van der Waals surface area contributed by atoms with Crippen LogP contribution in [0.15, 0.2) is 24.3 Å². The molecule has 4 heteroatoms. The molecule has 0 bridgehead atoms. The molecule has 2 rings (SSSR count). The van der Waals surface area contributed by atoms with Crippen molar-refractivity contribution < 1.29 is 4.74 Å². The van der Waals surface area contributed by atoms with E-state index in [1.807, 2.05) is 24.3 Å². The van der Waals surface area contributed by atoms with Crippen molar-refractivity contribution in [1.29, 1.82) is 0 Å². The van der Waals surface area contributed by atoms with Gasteiger partial charge >= 0.3 is 0 Å². The van der Waals surface area contributed by atoms with Gasteiger partial charge in [-0.25, -0.2) is 0 Å². The second-order valence-electron chi connectivity index (χ2n) is 3.63. The van der Waals surface area contributed by atoms with Crippen LogP contribution in [-0.4, -0.2) is 20.2 Å². The summed E-state index contributed by atoms with van der Waals surface area (Å²) < 4.78 is 5.50. The predicted octanol–water partition coefficient (Wildman–Crippen LogP) is 2.67. The number of methoxy groups -OCH3 is 1. The summed E-state index contributed by atoms with van der Waals surface area (Å²) in [7, 11) is 1.76. The molecule has 1 aromatic carbocycles. The second-order valence-corrected chi connectivity index (χ2v) is 4.06. The Labute approximate surface area is 101 Å². The summed E-state index contributed by atoms with van der Waals surface area (Å²) in [5, 5.41) is 4.02. The smallest absolute Gasteiger partial charge is 0.0873 e. The molecule has 1 fully saturated rings. The van der Waals surface area contributed by atoms with E-state index in [-0.39, 0.29) is 18.5 Å². The zero-order valence-corrected chi connectivity index (χ0v) is 10.1. The molecule has 1 atom stereocenters. The van der Waals surface area contributed by atoms with Crippen LogP contribution in [0.3, 0.4) is 0 Å². The molecule has 2 nitrogen and oxygen atoms in total. The zero-order chi connectivity index (χ0) is 9.97. The summed E-state index contributed by atoms with van der Waals surface area (Å²) >= 11 is 5.83. The van der Waals surface area contributed by atoms with Crippen LogP contribution in [0, 0.1) is 5.92 Å². The van der Waals surface area contributed by atoms with Crippen LogP contribution in [0.25, 0.3) is 0 Å². The molecule has 1 saturated heterocycles.